The van der Waals surface area contributed by atoms with Crippen molar-refractivity contribution in [1.29, 1.82) is 0 Å². The molecule has 0 radical (unpaired) electrons. The lowest BCUT2D eigenvalue weighted by molar-refractivity contribution is -0.336. The number of carbonyl (C=O) groups excluding carboxylic acids is 2. The molecule has 3 heterocycles. The number of aliphatic hydroxyl groups is 5. The molecule has 2 aromatic rings. The first-order valence-corrected chi connectivity index (χ1v) is 27.4. The Kier molecular flexibility index (Phi) is 20.5. The molecule has 0 aliphatic carbocycles. The summed E-state index contributed by atoms with van der Waals surface area (Å²) in [5, 5.41) is 67.1. The summed E-state index contributed by atoms with van der Waals surface area (Å²) in [4.78, 5) is 31.7. The number of nitrogens with one attached hydrogen (secondary N) is 2. The maximum atomic E-state index is 14.6. The van der Waals surface area contributed by atoms with Crippen molar-refractivity contribution in [3.63, 3.8) is 0 Å². The maximum absolute atomic E-state index is 14.6. The third-order valence-electron chi connectivity index (χ3n) is 15.8. The molecule has 18 atom stereocenters. The number of anilines is 1. The number of sulfone groups is 1. The molecule has 0 spiro atoms. The fraction of sp³-hybridized carbons (Fsp3) is 0.736. The number of rotatable bonds is 14. The molecule has 0 aromatic heterocycles. The second kappa shape index (κ2) is 24.8. The number of urea groups is 1. The molecule has 3 fully saturated rings. The number of aliphatic hydroxyl groups excluding tert-OH is 2. The van der Waals surface area contributed by atoms with Gasteiger partial charge in [-0.2, -0.15) is 0 Å². The van der Waals surface area contributed by atoms with E-state index < -0.39 is 117 Å². The fourth-order valence-electron chi connectivity index (χ4n) is 11.0. The molecule has 20 heteroatoms. The van der Waals surface area contributed by atoms with Crippen LogP contribution in [0.1, 0.15) is 94.9 Å². The molecule has 3 aliphatic rings. The highest BCUT2D eigenvalue weighted by molar-refractivity contribution is 7.91. The van der Waals surface area contributed by atoms with E-state index in [-0.39, 0.29) is 67.9 Å². The Morgan fingerprint density at radius 2 is 1.52 bits per heavy atom. The number of carbonyl (C=O) groups is 2. The number of esters is 1. The van der Waals surface area contributed by atoms with Gasteiger partial charge in [0.05, 0.1) is 52.6 Å². The summed E-state index contributed by atoms with van der Waals surface area (Å²) in [6.45, 7) is 17.0. The monoisotopic (exact) mass is 1050 g/mol. The van der Waals surface area contributed by atoms with Crippen molar-refractivity contribution in [2.45, 2.75) is 190 Å². The van der Waals surface area contributed by atoms with E-state index in [0.29, 0.717) is 5.69 Å². The van der Waals surface area contributed by atoms with Gasteiger partial charge in [-0.05, 0) is 104 Å². The van der Waals surface area contributed by atoms with E-state index in [9.17, 15) is 43.5 Å². The zero-order chi connectivity index (χ0) is 54.4. The Morgan fingerprint density at radius 1 is 0.904 bits per heavy atom. The van der Waals surface area contributed by atoms with Crippen LogP contribution in [0.25, 0.3) is 0 Å². The quantitative estimate of drug-likeness (QED) is 0.105. The van der Waals surface area contributed by atoms with Crippen LogP contribution in [-0.4, -0.2) is 187 Å². The van der Waals surface area contributed by atoms with Crippen molar-refractivity contribution in [2.24, 2.45) is 17.8 Å². The Bertz CT molecular complexity index is 2190. The predicted octanol–water partition coefficient (Wildman–Crippen LogP) is 3.62. The number of likely N-dealkylation sites (N-methyl/N-ethyl adjacent to an activating group) is 1. The van der Waals surface area contributed by atoms with Crippen molar-refractivity contribution in [1.82, 2.24) is 15.5 Å². The van der Waals surface area contributed by atoms with E-state index in [1.54, 1.807) is 99.8 Å². The second-order valence-corrected chi connectivity index (χ2v) is 23.8. The van der Waals surface area contributed by atoms with Crippen LogP contribution in [0.5, 0.6) is 0 Å². The summed E-state index contributed by atoms with van der Waals surface area (Å²) < 4.78 is 64.8. The number of amides is 2. The molecule has 73 heavy (non-hydrogen) atoms. The predicted molar refractivity (Wildman–Crippen MR) is 274 cm³/mol. The van der Waals surface area contributed by atoms with Gasteiger partial charge in [0.1, 0.15) is 35.1 Å². The number of nitrogens with zero attached hydrogens (tertiary/aromatic N) is 2. The molecule has 2 amide bonds. The van der Waals surface area contributed by atoms with E-state index in [1.165, 1.54) is 36.0 Å². The number of para-hydroxylation sites is 1. The third-order valence-corrected chi connectivity index (χ3v) is 17.5. The number of benzene rings is 2. The van der Waals surface area contributed by atoms with Crippen LogP contribution in [0.15, 0.2) is 65.6 Å². The molecule has 414 valence electrons. The SMILES string of the molecule is CC[C@H]1OC(=O)[C@H](C)[C@@H](O[C@H]2C[C@@](C)(OC)[C@](O)(CNCCS(=O)(=O)c3ccccc3)[C@H](C)O2)[C@H](C)[C@@H](O[C@@H]2O[C@H](C)C[C@H](N(C)C(=O)N(C)c3ccccc3)[C@H]2O)[C@](C)(O)C[C@@H](C)CN[C@H](C)[C@@H](O)[C@]1(C)O. The minimum atomic E-state index is -3.62. The highest BCUT2D eigenvalue weighted by Gasteiger charge is 2.58. The normalized spacial score (nSPS) is 39.4. The van der Waals surface area contributed by atoms with Gasteiger partial charge in [-0.15, -0.1) is 0 Å². The standard InChI is InChI=1S/C53H86N4O15S/c1-14-41-52(10,63)45(59)36(6)55-30-32(2)28-50(8,62)46(72-48-43(58)40(27-33(3)68-48)57(12)49(61)56(11)38-21-17-15-18-22-38)34(4)44(35(5)47(60)70-41)71-42-29-51(9,67-13)53(64,37(7)69-42)31-54-25-26-73(65,66)39-23-19-16-20-24-39/h15-24,32-37,40-46,48,54-55,58-59,62-64H,14,25-31H2,1-13H3/t32-,33-,34+,35-,36-,37+,40+,41-,42+,43-,44+,45-,46-,48+,50-,51-,52-,53+/m1/s1. The van der Waals surface area contributed by atoms with E-state index in [4.69, 9.17) is 28.4 Å². The third kappa shape index (κ3) is 13.8. The molecule has 3 saturated heterocycles. The lowest BCUT2D eigenvalue weighted by atomic mass is 9.75. The summed E-state index contributed by atoms with van der Waals surface area (Å²) in [7, 11) is 1.06. The Balaban J connectivity index is 1.50. The number of ether oxygens (including phenoxy) is 6. The van der Waals surface area contributed by atoms with Crippen LogP contribution in [-0.2, 0) is 43.1 Å². The minimum Gasteiger partial charge on any atom is -0.459 e. The van der Waals surface area contributed by atoms with Crippen LogP contribution in [0.2, 0.25) is 0 Å². The molecule has 3 aliphatic heterocycles. The second-order valence-electron chi connectivity index (χ2n) is 21.6. The van der Waals surface area contributed by atoms with E-state index in [1.807, 2.05) is 25.1 Å². The maximum Gasteiger partial charge on any atom is 0.324 e. The molecule has 2 aromatic carbocycles. The fourth-order valence-corrected chi connectivity index (χ4v) is 12.2. The summed E-state index contributed by atoms with van der Waals surface area (Å²) in [5.41, 5.74) is -6.13. The van der Waals surface area contributed by atoms with E-state index in [2.05, 4.69) is 10.6 Å². The van der Waals surface area contributed by atoms with Gasteiger partial charge < -0.3 is 69.5 Å². The Labute approximate surface area is 433 Å². The highest BCUT2D eigenvalue weighted by atomic mass is 32.2. The molecular formula is C53H86N4O15S. The average Bonchev–Trinajstić information content (AvgIpc) is 3.35. The molecule has 7 N–H and O–H groups in total. The van der Waals surface area contributed by atoms with Crippen LogP contribution >= 0.6 is 0 Å². The van der Waals surface area contributed by atoms with Crippen LogP contribution < -0.4 is 15.5 Å². The summed E-state index contributed by atoms with van der Waals surface area (Å²) in [6.07, 6.45) is -10.2. The van der Waals surface area contributed by atoms with Crippen molar-refractivity contribution in [3.8, 4) is 0 Å². The lowest BCUT2D eigenvalue weighted by Gasteiger charge is -2.53. The largest absolute Gasteiger partial charge is 0.459 e. The molecule has 0 bridgehead atoms. The van der Waals surface area contributed by atoms with Crippen molar-refractivity contribution < 1.29 is 72.0 Å². The highest BCUT2D eigenvalue weighted by Crippen LogP contribution is 2.43. The number of hydrogen-bond acceptors (Lipinski definition) is 17. The Hall–Kier alpha value is -3.35. The van der Waals surface area contributed by atoms with Gasteiger partial charge in [-0.25, -0.2) is 13.2 Å². The zero-order valence-electron chi connectivity index (χ0n) is 45.1. The van der Waals surface area contributed by atoms with Crippen molar-refractivity contribution in [3.05, 3.63) is 60.7 Å². The van der Waals surface area contributed by atoms with Gasteiger partial charge in [-0.3, -0.25) is 9.69 Å². The van der Waals surface area contributed by atoms with E-state index >= 15 is 0 Å². The number of hydrogen-bond donors (Lipinski definition) is 7. The van der Waals surface area contributed by atoms with Gasteiger partial charge in [0, 0.05) is 58.4 Å². The minimum absolute atomic E-state index is 0.0129. The topological polar surface area (TPSA) is 255 Å². The van der Waals surface area contributed by atoms with Crippen LogP contribution in [0.4, 0.5) is 10.5 Å². The first-order valence-electron chi connectivity index (χ1n) is 25.7. The first kappa shape index (κ1) is 60.5. The van der Waals surface area contributed by atoms with Gasteiger partial charge in [-0.1, -0.05) is 57.2 Å². The van der Waals surface area contributed by atoms with Crippen molar-refractivity contribution in [2.75, 3.05) is 51.5 Å². The van der Waals surface area contributed by atoms with E-state index in [0.717, 1.165) is 0 Å². The molecular weight excluding hydrogens is 965 g/mol. The lowest BCUT2D eigenvalue weighted by Crippen LogP contribution is -2.70. The van der Waals surface area contributed by atoms with Crippen LogP contribution in [0.3, 0.4) is 0 Å². The average molecular weight is 1050 g/mol. The summed E-state index contributed by atoms with van der Waals surface area (Å²) in [6, 6.07) is 15.3. The molecule has 0 saturated carbocycles. The number of methoxy groups -OCH3 is 1. The number of cyclic esters (lactones) is 1. The molecule has 0 unspecified atom stereocenters. The van der Waals surface area contributed by atoms with Gasteiger partial charge in [0.2, 0.25) is 0 Å². The van der Waals surface area contributed by atoms with Crippen molar-refractivity contribution >= 4 is 27.5 Å². The first-order chi connectivity index (χ1) is 34.0. The molecule has 19 nitrogen and oxygen atoms in total. The molecule has 5 rings (SSSR count). The van der Waals surface area contributed by atoms with Gasteiger partial charge >= 0.3 is 12.0 Å². The Morgan fingerprint density at radius 3 is 2.12 bits per heavy atom. The van der Waals surface area contributed by atoms with Gasteiger partial charge in [0.15, 0.2) is 22.4 Å². The van der Waals surface area contributed by atoms with Gasteiger partial charge in [0.25, 0.3) is 0 Å². The zero-order valence-corrected chi connectivity index (χ0v) is 46.0. The summed E-state index contributed by atoms with van der Waals surface area (Å²) >= 11 is 0. The summed E-state index contributed by atoms with van der Waals surface area (Å²) in [5.74, 6) is -3.45. The van der Waals surface area contributed by atoms with Crippen LogP contribution in [0, 0.1) is 17.8 Å². The smallest absolute Gasteiger partial charge is 0.324 e.